The van der Waals surface area contributed by atoms with Crippen LogP contribution in [0.4, 0.5) is 0 Å². The van der Waals surface area contributed by atoms with E-state index in [4.69, 9.17) is 0 Å². The summed E-state index contributed by atoms with van der Waals surface area (Å²) in [6.07, 6.45) is 0.653. The molecule has 1 aliphatic rings. The molecule has 0 N–H and O–H groups in total. The third-order valence-electron chi connectivity index (χ3n) is 4.54. The van der Waals surface area contributed by atoms with Gasteiger partial charge in [0.1, 0.15) is 0 Å². The predicted octanol–water partition coefficient (Wildman–Crippen LogP) is 1.91. The van der Waals surface area contributed by atoms with Crippen LogP contribution in [0.5, 0.6) is 0 Å². The molecule has 3 aromatic rings. The molecule has 1 unspecified atom stereocenters. The lowest BCUT2D eigenvalue weighted by atomic mass is 10.2. The number of tetrazole rings is 1. The van der Waals surface area contributed by atoms with E-state index in [0.29, 0.717) is 25.3 Å². The molecule has 1 saturated heterocycles. The molecule has 4 rings (SSSR count). The van der Waals surface area contributed by atoms with Crippen molar-refractivity contribution in [2.24, 2.45) is 0 Å². The maximum absolute atomic E-state index is 12.0. The van der Waals surface area contributed by atoms with Crippen LogP contribution >= 0.6 is 11.3 Å². The minimum atomic E-state index is -2.96. The molecule has 0 bridgehead atoms. The Labute approximate surface area is 156 Å². The smallest absolute Gasteiger partial charge is 0.170 e. The molecular formula is C17H19N5O2S2. The zero-order chi connectivity index (χ0) is 18.0. The highest BCUT2D eigenvalue weighted by Crippen LogP contribution is 2.23. The molecule has 0 saturated carbocycles. The Kier molecular flexibility index (Phi) is 4.84. The van der Waals surface area contributed by atoms with Crippen molar-refractivity contribution in [1.82, 2.24) is 25.1 Å². The molecule has 1 fully saturated rings. The number of benzene rings is 1. The summed E-state index contributed by atoms with van der Waals surface area (Å²) in [5, 5.41) is 14.1. The van der Waals surface area contributed by atoms with Crippen LogP contribution in [-0.4, -0.2) is 51.1 Å². The van der Waals surface area contributed by atoms with Crippen molar-refractivity contribution in [2.75, 3.05) is 11.5 Å². The normalized spacial score (nSPS) is 19.2. The molecule has 136 valence electrons. The fourth-order valence-corrected chi connectivity index (χ4v) is 5.73. The SMILES string of the molecule is O=S1(=O)CCC(N(Cc2cccs2)Cc2nnnn2-c2ccccc2)C1. The van der Waals surface area contributed by atoms with E-state index in [2.05, 4.69) is 26.5 Å². The van der Waals surface area contributed by atoms with Crippen LogP contribution < -0.4 is 0 Å². The van der Waals surface area contributed by atoms with Gasteiger partial charge in [0.25, 0.3) is 0 Å². The molecule has 1 aromatic carbocycles. The van der Waals surface area contributed by atoms with Crippen molar-refractivity contribution >= 4 is 21.2 Å². The first-order valence-corrected chi connectivity index (χ1v) is 11.1. The van der Waals surface area contributed by atoms with Crippen LogP contribution in [0.15, 0.2) is 47.8 Å². The van der Waals surface area contributed by atoms with Crippen LogP contribution in [-0.2, 0) is 22.9 Å². The van der Waals surface area contributed by atoms with E-state index in [1.54, 1.807) is 16.0 Å². The van der Waals surface area contributed by atoms with Crippen molar-refractivity contribution in [2.45, 2.75) is 25.6 Å². The van der Waals surface area contributed by atoms with E-state index >= 15 is 0 Å². The number of hydrogen-bond donors (Lipinski definition) is 0. The highest BCUT2D eigenvalue weighted by atomic mass is 32.2. The first-order chi connectivity index (χ1) is 12.6. The van der Waals surface area contributed by atoms with E-state index in [1.165, 1.54) is 4.88 Å². The Hall–Kier alpha value is -2.10. The van der Waals surface area contributed by atoms with E-state index in [-0.39, 0.29) is 17.5 Å². The molecule has 26 heavy (non-hydrogen) atoms. The number of aromatic nitrogens is 4. The van der Waals surface area contributed by atoms with Crippen molar-refractivity contribution in [1.29, 1.82) is 0 Å². The zero-order valence-electron chi connectivity index (χ0n) is 14.1. The first kappa shape index (κ1) is 17.3. The summed E-state index contributed by atoms with van der Waals surface area (Å²) in [7, 11) is -2.96. The average Bonchev–Trinajstić information content (AvgIpc) is 3.36. The van der Waals surface area contributed by atoms with Gasteiger partial charge in [-0.2, -0.15) is 4.68 Å². The van der Waals surface area contributed by atoms with Gasteiger partial charge in [-0.1, -0.05) is 24.3 Å². The second-order valence-corrected chi connectivity index (χ2v) is 9.64. The summed E-state index contributed by atoms with van der Waals surface area (Å²) in [6.45, 7) is 1.19. The second-order valence-electron chi connectivity index (χ2n) is 6.38. The Morgan fingerprint density at radius 2 is 2.00 bits per heavy atom. The van der Waals surface area contributed by atoms with E-state index in [0.717, 1.165) is 5.69 Å². The van der Waals surface area contributed by atoms with Gasteiger partial charge in [-0.3, -0.25) is 4.90 Å². The molecular weight excluding hydrogens is 370 g/mol. The highest BCUT2D eigenvalue weighted by Gasteiger charge is 2.33. The molecule has 9 heteroatoms. The Bertz CT molecular complexity index is 954. The molecule has 0 spiro atoms. The van der Waals surface area contributed by atoms with Gasteiger partial charge in [0.2, 0.25) is 0 Å². The van der Waals surface area contributed by atoms with Crippen molar-refractivity contribution in [3.63, 3.8) is 0 Å². The van der Waals surface area contributed by atoms with Gasteiger partial charge in [0.05, 0.1) is 23.7 Å². The molecule has 0 aliphatic carbocycles. The number of rotatable bonds is 6. The minimum Gasteiger partial charge on any atom is -0.287 e. The number of thiophene rings is 1. The van der Waals surface area contributed by atoms with Gasteiger partial charge in [-0.25, -0.2) is 8.42 Å². The lowest BCUT2D eigenvalue weighted by molar-refractivity contribution is 0.189. The summed E-state index contributed by atoms with van der Waals surface area (Å²) >= 11 is 1.67. The standard InChI is InChI=1S/C17H19N5O2S2/c23-26(24)10-8-15(13-26)21(11-16-7-4-9-25-16)12-17-18-19-20-22(17)14-5-2-1-3-6-14/h1-7,9,15H,8,10-13H2. The second kappa shape index (κ2) is 7.26. The summed E-state index contributed by atoms with van der Waals surface area (Å²) < 4.78 is 25.7. The molecule has 2 aromatic heterocycles. The molecule has 7 nitrogen and oxygen atoms in total. The summed E-state index contributed by atoms with van der Waals surface area (Å²) in [5.74, 6) is 1.16. The van der Waals surface area contributed by atoms with Gasteiger partial charge < -0.3 is 0 Å². The van der Waals surface area contributed by atoms with Gasteiger partial charge in [0.15, 0.2) is 15.7 Å². The lowest BCUT2D eigenvalue weighted by Crippen LogP contribution is -2.36. The Balaban J connectivity index is 1.60. The third-order valence-corrected chi connectivity index (χ3v) is 7.15. The van der Waals surface area contributed by atoms with E-state index in [1.807, 2.05) is 41.8 Å². The quantitative estimate of drug-likeness (QED) is 0.641. The van der Waals surface area contributed by atoms with Gasteiger partial charge in [-0.05, 0) is 40.4 Å². The highest BCUT2D eigenvalue weighted by molar-refractivity contribution is 7.91. The van der Waals surface area contributed by atoms with Crippen molar-refractivity contribution < 1.29 is 8.42 Å². The Morgan fingerprint density at radius 1 is 1.15 bits per heavy atom. The van der Waals surface area contributed by atoms with Crippen LogP contribution in [0.2, 0.25) is 0 Å². The Morgan fingerprint density at radius 3 is 2.69 bits per heavy atom. The van der Waals surface area contributed by atoms with Crippen LogP contribution in [0.1, 0.15) is 17.1 Å². The molecule has 1 aliphatic heterocycles. The number of sulfone groups is 1. The fourth-order valence-electron chi connectivity index (χ4n) is 3.24. The number of para-hydroxylation sites is 1. The summed E-state index contributed by atoms with van der Waals surface area (Å²) in [6, 6.07) is 13.8. The van der Waals surface area contributed by atoms with Gasteiger partial charge in [-0.15, -0.1) is 16.4 Å². The number of nitrogens with zero attached hydrogens (tertiary/aromatic N) is 5. The lowest BCUT2D eigenvalue weighted by Gasteiger charge is -2.26. The third kappa shape index (κ3) is 3.84. The molecule has 0 amide bonds. The van der Waals surface area contributed by atoms with Crippen LogP contribution in [0, 0.1) is 0 Å². The summed E-state index contributed by atoms with van der Waals surface area (Å²) in [5.41, 5.74) is 0.891. The first-order valence-electron chi connectivity index (χ1n) is 8.40. The van der Waals surface area contributed by atoms with Gasteiger partial charge in [0, 0.05) is 17.5 Å². The van der Waals surface area contributed by atoms with E-state index in [9.17, 15) is 8.42 Å². The molecule has 0 radical (unpaired) electrons. The largest absolute Gasteiger partial charge is 0.287 e. The van der Waals surface area contributed by atoms with Crippen molar-refractivity contribution in [3.8, 4) is 5.69 Å². The molecule has 3 heterocycles. The monoisotopic (exact) mass is 389 g/mol. The molecule has 1 atom stereocenters. The fraction of sp³-hybridized carbons (Fsp3) is 0.353. The maximum Gasteiger partial charge on any atom is 0.170 e. The predicted molar refractivity (Wildman–Crippen MR) is 99.8 cm³/mol. The maximum atomic E-state index is 12.0. The van der Waals surface area contributed by atoms with E-state index < -0.39 is 9.84 Å². The van der Waals surface area contributed by atoms with Crippen LogP contribution in [0.3, 0.4) is 0 Å². The summed E-state index contributed by atoms with van der Waals surface area (Å²) in [4.78, 5) is 3.38. The number of hydrogen-bond acceptors (Lipinski definition) is 7. The zero-order valence-corrected chi connectivity index (χ0v) is 15.7. The van der Waals surface area contributed by atoms with Crippen LogP contribution in [0.25, 0.3) is 5.69 Å². The van der Waals surface area contributed by atoms with Crippen molar-refractivity contribution in [3.05, 3.63) is 58.5 Å². The van der Waals surface area contributed by atoms with Gasteiger partial charge >= 0.3 is 0 Å². The minimum absolute atomic E-state index is 0.0111. The topological polar surface area (TPSA) is 81.0 Å². The average molecular weight is 390 g/mol.